The van der Waals surface area contributed by atoms with E-state index in [-0.39, 0.29) is 23.1 Å². The number of carbonyl (C=O) groups excluding carboxylic acids is 1. The van der Waals surface area contributed by atoms with Gasteiger partial charge in [-0.15, -0.1) is 11.3 Å². The van der Waals surface area contributed by atoms with Crippen LogP contribution >= 0.6 is 23.1 Å². The number of hydrogen-bond donors (Lipinski definition) is 2. The molecule has 0 saturated carbocycles. The molecular formula is C12H14N4O2S2. The number of thioether (sulfide) groups is 1. The zero-order valence-corrected chi connectivity index (χ0v) is 12.7. The van der Waals surface area contributed by atoms with E-state index in [2.05, 4.69) is 20.3 Å². The third kappa shape index (κ3) is 4.17. The van der Waals surface area contributed by atoms with Crippen molar-refractivity contribution in [2.24, 2.45) is 0 Å². The van der Waals surface area contributed by atoms with Gasteiger partial charge < -0.3 is 10.3 Å². The van der Waals surface area contributed by atoms with Gasteiger partial charge in [-0.3, -0.25) is 9.59 Å². The van der Waals surface area contributed by atoms with Crippen LogP contribution in [0.4, 0.5) is 5.13 Å². The van der Waals surface area contributed by atoms with Gasteiger partial charge in [0, 0.05) is 17.6 Å². The molecule has 0 aliphatic carbocycles. The number of rotatable bonds is 5. The van der Waals surface area contributed by atoms with Crippen molar-refractivity contribution in [1.29, 1.82) is 0 Å². The van der Waals surface area contributed by atoms with E-state index in [4.69, 9.17) is 0 Å². The van der Waals surface area contributed by atoms with Gasteiger partial charge in [0.2, 0.25) is 5.91 Å². The average molecular weight is 310 g/mol. The number of thiazole rings is 1. The Balaban J connectivity index is 1.96. The second-order valence-electron chi connectivity index (χ2n) is 4.30. The van der Waals surface area contributed by atoms with E-state index in [1.54, 1.807) is 11.6 Å². The topological polar surface area (TPSA) is 87.7 Å². The Bertz CT molecular complexity index is 637. The van der Waals surface area contributed by atoms with Gasteiger partial charge in [-0.1, -0.05) is 25.6 Å². The summed E-state index contributed by atoms with van der Waals surface area (Å²) in [4.78, 5) is 34.1. The number of aromatic amines is 1. The quantitative estimate of drug-likeness (QED) is 0.652. The van der Waals surface area contributed by atoms with Crippen molar-refractivity contribution in [3.8, 4) is 0 Å². The number of nitrogens with one attached hydrogen (secondary N) is 2. The van der Waals surface area contributed by atoms with E-state index in [9.17, 15) is 9.59 Å². The minimum Gasteiger partial charge on any atom is -0.301 e. The first-order valence-electron chi connectivity index (χ1n) is 5.98. The molecule has 2 rings (SSSR count). The predicted molar refractivity (Wildman–Crippen MR) is 80.4 cm³/mol. The van der Waals surface area contributed by atoms with E-state index in [0.717, 1.165) is 5.69 Å². The Morgan fingerprint density at radius 2 is 2.35 bits per heavy atom. The Morgan fingerprint density at radius 1 is 1.55 bits per heavy atom. The van der Waals surface area contributed by atoms with Gasteiger partial charge in [-0.05, 0) is 5.92 Å². The average Bonchev–Trinajstić information content (AvgIpc) is 2.88. The summed E-state index contributed by atoms with van der Waals surface area (Å²) >= 11 is 2.55. The van der Waals surface area contributed by atoms with Crippen LogP contribution in [0.2, 0.25) is 0 Å². The van der Waals surface area contributed by atoms with Crippen molar-refractivity contribution in [2.75, 3.05) is 11.1 Å². The fourth-order valence-corrected chi connectivity index (χ4v) is 2.62. The van der Waals surface area contributed by atoms with Crippen molar-refractivity contribution in [2.45, 2.75) is 24.9 Å². The smallest absolute Gasteiger partial charge is 0.251 e. The molecule has 106 valence electrons. The number of H-pyrrole nitrogens is 1. The van der Waals surface area contributed by atoms with Gasteiger partial charge in [0.1, 0.15) is 0 Å². The summed E-state index contributed by atoms with van der Waals surface area (Å²) in [7, 11) is 0. The van der Waals surface area contributed by atoms with Gasteiger partial charge in [0.05, 0.1) is 11.4 Å². The van der Waals surface area contributed by atoms with Crippen LogP contribution in [0.5, 0.6) is 0 Å². The Labute approximate surface area is 124 Å². The molecule has 0 aromatic carbocycles. The Morgan fingerprint density at radius 3 is 3.00 bits per heavy atom. The third-order valence-corrected chi connectivity index (χ3v) is 3.91. The van der Waals surface area contributed by atoms with E-state index >= 15 is 0 Å². The van der Waals surface area contributed by atoms with Crippen LogP contribution in [0.1, 0.15) is 25.5 Å². The molecule has 8 heteroatoms. The maximum Gasteiger partial charge on any atom is 0.251 e. The molecule has 0 aliphatic rings. The van der Waals surface area contributed by atoms with Crippen molar-refractivity contribution in [3.63, 3.8) is 0 Å². The Kier molecular flexibility index (Phi) is 4.91. The van der Waals surface area contributed by atoms with E-state index < -0.39 is 0 Å². The number of carbonyl (C=O) groups is 1. The maximum atomic E-state index is 11.7. The number of nitrogens with zero attached hydrogens (tertiary/aromatic N) is 2. The molecule has 6 nitrogen and oxygen atoms in total. The van der Waals surface area contributed by atoms with E-state index in [1.807, 2.05) is 13.8 Å². The second kappa shape index (κ2) is 6.67. The molecule has 2 heterocycles. The molecule has 0 fully saturated rings. The minimum absolute atomic E-state index is 0.167. The first kappa shape index (κ1) is 14.7. The van der Waals surface area contributed by atoms with Crippen molar-refractivity contribution >= 4 is 34.1 Å². The zero-order valence-electron chi connectivity index (χ0n) is 11.0. The summed E-state index contributed by atoms with van der Waals surface area (Å²) in [6, 6.07) is 1.48. The van der Waals surface area contributed by atoms with Crippen LogP contribution in [0.15, 0.2) is 27.6 Å². The standard InChI is InChI=1S/C12H14N4O2S2/c1-7(2)8-5-9(17)15-12(14-8)20-6-10(18)16-11-13-3-4-19-11/h3-5,7H,6H2,1-2H3,(H,13,16,18)(H,14,15,17). The highest BCUT2D eigenvalue weighted by Gasteiger charge is 2.09. The van der Waals surface area contributed by atoms with Gasteiger partial charge in [-0.25, -0.2) is 9.97 Å². The number of anilines is 1. The largest absolute Gasteiger partial charge is 0.301 e. The zero-order chi connectivity index (χ0) is 14.5. The summed E-state index contributed by atoms with van der Waals surface area (Å²) in [5.74, 6) is 0.160. The minimum atomic E-state index is -0.202. The summed E-state index contributed by atoms with van der Waals surface area (Å²) in [6.45, 7) is 3.93. The summed E-state index contributed by atoms with van der Waals surface area (Å²) in [6.07, 6.45) is 1.62. The third-order valence-electron chi connectivity index (χ3n) is 2.35. The molecule has 0 unspecified atom stereocenters. The lowest BCUT2D eigenvalue weighted by Gasteiger charge is -2.06. The molecule has 1 amide bonds. The second-order valence-corrected chi connectivity index (χ2v) is 6.16. The van der Waals surface area contributed by atoms with Crippen LogP contribution in [-0.4, -0.2) is 26.6 Å². The summed E-state index contributed by atoms with van der Waals surface area (Å²) in [5, 5.41) is 5.47. The van der Waals surface area contributed by atoms with Gasteiger partial charge in [0.15, 0.2) is 10.3 Å². The first-order valence-corrected chi connectivity index (χ1v) is 7.84. The lowest BCUT2D eigenvalue weighted by molar-refractivity contribution is -0.113. The molecule has 20 heavy (non-hydrogen) atoms. The molecule has 2 aromatic rings. The number of amides is 1. The van der Waals surface area contributed by atoms with Crippen LogP contribution < -0.4 is 10.9 Å². The SMILES string of the molecule is CC(C)c1cc(=O)[nH]c(SCC(=O)Nc2nccs2)n1. The molecular weight excluding hydrogens is 296 g/mol. The summed E-state index contributed by atoms with van der Waals surface area (Å²) < 4.78 is 0. The van der Waals surface area contributed by atoms with Crippen molar-refractivity contribution < 1.29 is 4.79 Å². The monoisotopic (exact) mass is 310 g/mol. The summed E-state index contributed by atoms with van der Waals surface area (Å²) in [5.41, 5.74) is 0.517. The van der Waals surface area contributed by atoms with Crippen molar-refractivity contribution in [3.05, 3.63) is 33.7 Å². The fourth-order valence-electron chi connectivity index (χ4n) is 1.39. The molecule has 0 spiro atoms. The highest BCUT2D eigenvalue weighted by Crippen LogP contribution is 2.16. The van der Waals surface area contributed by atoms with E-state index in [0.29, 0.717) is 10.3 Å². The number of aromatic nitrogens is 3. The normalized spacial score (nSPS) is 10.8. The first-order chi connectivity index (χ1) is 9.54. The molecule has 2 N–H and O–H groups in total. The number of hydrogen-bond acceptors (Lipinski definition) is 6. The van der Waals surface area contributed by atoms with Gasteiger partial charge in [-0.2, -0.15) is 0 Å². The molecule has 0 saturated heterocycles. The fraction of sp³-hybridized carbons (Fsp3) is 0.333. The highest BCUT2D eigenvalue weighted by molar-refractivity contribution is 7.99. The lowest BCUT2D eigenvalue weighted by Crippen LogP contribution is -2.16. The van der Waals surface area contributed by atoms with Crippen molar-refractivity contribution in [1.82, 2.24) is 15.0 Å². The van der Waals surface area contributed by atoms with Crippen LogP contribution in [-0.2, 0) is 4.79 Å². The van der Waals surface area contributed by atoms with Crippen LogP contribution in [0, 0.1) is 0 Å². The molecule has 2 aromatic heterocycles. The molecule has 0 radical (unpaired) electrons. The maximum absolute atomic E-state index is 11.7. The van der Waals surface area contributed by atoms with Gasteiger partial charge in [0.25, 0.3) is 5.56 Å². The molecule has 0 aliphatic heterocycles. The highest BCUT2D eigenvalue weighted by atomic mass is 32.2. The molecule has 0 bridgehead atoms. The van der Waals surface area contributed by atoms with Gasteiger partial charge >= 0.3 is 0 Å². The van der Waals surface area contributed by atoms with Crippen LogP contribution in [0.3, 0.4) is 0 Å². The lowest BCUT2D eigenvalue weighted by atomic mass is 10.1. The van der Waals surface area contributed by atoms with Crippen LogP contribution in [0.25, 0.3) is 0 Å². The predicted octanol–water partition coefficient (Wildman–Crippen LogP) is 2.08. The van der Waals surface area contributed by atoms with E-state index in [1.165, 1.54) is 29.2 Å². The Hall–Kier alpha value is -1.67. The molecule has 0 atom stereocenters.